The number of ether oxygens (including phenoxy) is 3. The SMILES string of the molecule is CCOC(=O)[C@H](Cc1ccc(OCC(=O)N(CC)Cc2ccccc2)cc1)OCC. The van der Waals surface area contributed by atoms with E-state index < -0.39 is 6.10 Å². The van der Waals surface area contributed by atoms with Crippen LogP contribution in [0.1, 0.15) is 31.9 Å². The third-order valence-corrected chi connectivity index (χ3v) is 4.57. The summed E-state index contributed by atoms with van der Waals surface area (Å²) in [6.45, 7) is 7.48. The maximum absolute atomic E-state index is 12.5. The molecule has 1 amide bonds. The number of esters is 1. The molecule has 0 heterocycles. The van der Waals surface area contributed by atoms with Crippen molar-refractivity contribution in [3.8, 4) is 5.75 Å². The van der Waals surface area contributed by atoms with Crippen LogP contribution in [0.15, 0.2) is 54.6 Å². The van der Waals surface area contributed by atoms with Gasteiger partial charge in [-0.3, -0.25) is 4.79 Å². The van der Waals surface area contributed by atoms with Gasteiger partial charge in [-0.05, 0) is 44.0 Å². The molecule has 0 saturated carbocycles. The van der Waals surface area contributed by atoms with Crippen LogP contribution in [0.25, 0.3) is 0 Å². The lowest BCUT2D eigenvalue weighted by Crippen LogP contribution is -2.34. The van der Waals surface area contributed by atoms with E-state index in [0.29, 0.717) is 38.5 Å². The van der Waals surface area contributed by atoms with Gasteiger partial charge < -0.3 is 19.1 Å². The van der Waals surface area contributed by atoms with E-state index in [1.165, 1.54) is 0 Å². The third-order valence-electron chi connectivity index (χ3n) is 4.57. The number of likely N-dealkylation sites (N-methyl/N-ethyl adjacent to an activating group) is 1. The molecule has 30 heavy (non-hydrogen) atoms. The van der Waals surface area contributed by atoms with Gasteiger partial charge in [0.1, 0.15) is 5.75 Å². The Kier molecular flexibility index (Phi) is 9.87. The van der Waals surface area contributed by atoms with Gasteiger partial charge >= 0.3 is 5.97 Å². The Bertz CT molecular complexity index is 776. The third kappa shape index (κ3) is 7.52. The van der Waals surface area contributed by atoms with Crippen molar-refractivity contribution >= 4 is 11.9 Å². The monoisotopic (exact) mass is 413 g/mol. The first-order chi connectivity index (χ1) is 14.6. The normalized spacial score (nSPS) is 11.6. The molecule has 0 N–H and O–H groups in total. The highest BCUT2D eigenvalue weighted by Gasteiger charge is 2.20. The molecule has 162 valence electrons. The lowest BCUT2D eigenvalue weighted by molar-refractivity contribution is -0.156. The number of amides is 1. The number of hydrogen-bond acceptors (Lipinski definition) is 5. The fraction of sp³-hybridized carbons (Fsp3) is 0.417. The topological polar surface area (TPSA) is 65.1 Å². The van der Waals surface area contributed by atoms with Crippen LogP contribution in [0.5, 0.6) is 5.75 Å². The Hall–Kier alpha value is -2.86. The second-order valence-electron chi connectivity index (χ2n) is 6.73. The van der Waals surface area contributed by atoms with Crippen LogP contribution >= 0.6 is 0 Å². The highest BCUT2D eigenvalue weighted by atomic mass is 16.6. The van der Waals surface area contributed by atoms with E-state index in [9.17, 15) is 9.59 Å². The molecule has 1 atom stereocenters. The molecule has 0 aromatic heterocycles. The van der Waals surface area contributed by atoms with Crippen molar-refractivity contribution in [1.82, 2.24) is 4.90 Å². The summed E-state index contributed by atoms with van der Waals surface area (Å²) in [5, 5.41) is 0. The van der Waals surface area contributed by atoms with Crippen molar-refractivity contribution in [2.24, 2.45) is 0 Å². The largest absolute Gasteiger partial charge is 0.484 e. The van der Waals surface area contributed by atoms with Gasteiger partial charge in [0.2, 0.25) is 0 Å². The average molecular weight is 414 g/mol. The Balaban J connectivity index is 1.88. The zero-order valence-electron chi connectivity index (χ0n) is 18.0. The van der Waals surface area contributed by atoms with Crippen molar-refractivity contribution in [3.05, 3.63) is 65.7 Å². The molecule has 0 aliphatic carbocycles. The van der Waals surface area contributed by atoms with E-state index >= 15 is 0 Å². The molecule has 2 aromatic carbocycles. The van der Waals surface area contributed by atoms with Gasteiger partial charge in [-0.2, -0.15) is 0 Å². The average Bonchev–Trinajstić information content (AvgIpc) is 2.77. The molecule has 6 nitrogen and oxygen atoms in total. The Morgan fingerprint density at radius 1 is 0.900 bits per heavy atom. The summed E-state index contributed by atoms with van der Waals surface area (Å²) < 4.78 is 16.2. The van der Waals surface area contributed by atoms with Gasteiger partial charge in [-0.25, -0.2) is 4.79 Å². The van der Waals surface area contributed by atoms with Gasteiger partial charge in [0, 0.05) is 26.1 Å². The van der Waals surface area contributed by atoms with E-state index in [4.69, 9.17) is 14.2 Å². The fourth-order valence-electron chi connectivity index (χ4n) is 3.00. The van der Waals surface area contributed by atoms with Crippen LogP contribution < -0.4 is 4.74 Å². The molecule has 0 fully saturated rings. The van der Waals surface area contributed by atoms with Crippen LogP contribution in [-0.4, -0.2) is 49.2 Å². The highest BCUT2D eigenvalue weighted by molar-refractivity contribution is 5.77. The molecule has 2 aromatic rings. The number of benzene rings is 2. The van der Waals surface area contributed by atoms with E-state index in [-0.39, 0.29) is 18.5 Å². The number of nitrogens with zero attached hydrogens (tertiary/aromatic N) is 1. The molecular formula is C24H31NO5. The molecule has 0 aliphatic rings. The quantitative estimate of drug-likeness (QED) is 0.497. The van der Waals surface area contributed by atoms with Gasteiger partial charge in [-0.15, -0.1) is 0 Å². The number of rotatable bonds is 12. The van der Waals surface area contributed by atoms with E-state index in [2.05, 4.69) is 0 Å². The van der Waals surface area contributed by atoms with Crippen molar-refractivity contribution in [2.45, 2.75) is 39.8 Å². The Labute approximate surface area is 178 Å². The predicted molar refractivity (Wildman–Crippen MR) is 115 cm³/mol. The van der Waals surface area contributed by atoms with Crippen molar-refractivity contribution in [1.29, 1.82) is 0 Å². The van der Waals surface area contributed by atoms with Crippen molar-refractivity contribution in [3.63, 3.8) is 0 Å². The molecular weight excluding hydrogens is 382 g/mol. The van der Waals surface area contributed by atoms with Crippen LogP contribution in [0, 0.1) is 0 Å². The molecule has 0 bridgehead atoms. The Morgan fingerprint density at radius 3 is 2.20 bits per heavy atom. The highest BCUT2D eigenvalue weighted by Crippen LogP contribution is 2.15. The van der Waals surface area contributed by atoms with Gasteiger partial charge in [-0.1, -0.05) is 42.5 Å². The standard InChI is InChI=1S/C24H31NO5/c1-4-25(17-20-10-8-7-9-11-20)23(26)18-30-21-14-12-19(13-15-21)16-22(28-5-2)24(27)29-6-3/h7-15,22H,4-6,16-18H2,1-3H3/t22-/m0/s1. The molecule has 6 heteroatoms. The fourth-order valence-corrected chi connectivity index (χ4v) is 3.00. The predicted octanol–water partition coefficient (Wildman–Crippen LogP) is 3.62. The van der Waals surface area contributed by atoms with Crippen LogP contribution in [0.4, 0.5) is 0 Å². The van der Waals surface area contributed by atoms with Gasteiger partial charge in [0.05, 0.1) is 6.61 Å². The summed E-state index contributed by atoms with van der Waals surface area (Å²) in [7, 11) is 0. The first kappa shape index (κ1) is 23.4. The zero-order chi connectivity index (χ0) is 21.8. The van der Waals surface area contributed by atoms with Crippen LogP contribution in [0.2, 0.25) is 0 Å². The maximum atomic E-state index is 12.5. The summed E-state index contributed by atoms with van der Waals surface area (Å²) in [4.78, 5) is 26.3. The molecule has 2 rings (SSSR count). The van der Waals surface area contributed by atoms with Crippen LogP contribution in [-0.2, 0) is 32.0 Å². The second-order valence-corrected chi connectivity index (χ2v) is 6.73. The summed E-state index contributed by atoms with van der Waals surface area (Å²) in [5.74, 6) is 0.180. The first-order valence-corrected chi connectivity index (χ1v) is 10.4. The van der Waals surface area contributed by atoms with Crippen LogP contribution in [0.3, 0.4) is 0 Å². The maximum Gasteiger partial charge on any atom is 0.335 e. The minimum Gasteiger partial charge on any atom is -0.484 e. The molecule has 0 unspecified atom stereocenters. The van der Waals surface area contributed by atoms with Gasteiger partial charge in [0.25, 0.3) is 5.91 Å². The summed E-state index contributed by atoms with van der Waals surface area (Å²) >= 11 is 0. The van der Waals surface area contributed by atoms with E-state index in [1.807, 2.05) is 56.3 Å². The molecule has 0 spiro atoms. The number of hydrogen-bond donors (Lipinski definition) is 0. The minimum atomic E-state index is -0.626. The lowest BCUT2D eigenvalue weighted by Gasteiger charge is -2.21. The van der Waals surface area contributed by atoms with E-state index in [0.717, 1.165) is 11.1 Å². The van der Waals surface area contributed by atoms with Gasteiger partial charge in [0.15, 0.2) is 12.7 Å². The molecule has 0 aliphatic heterocycles. The zero-order valence-corrected chi connectivity index (χ0v) is 18.0. The smallest absolute Gasteiger partial charge is 0.335 e. The summed E-state index contributed by atoms with van der Waals surface area (Å²) in [5.41, 5.74) is 2.02. The Morgan fingerprint density at radius 2 is 1.60 bits per heavy atom. The number of carbonyl (C=O) groups is 2. The van der Waals surface area contributed by atoms with E-state index in [1.54, 1.807) is 24.0 Å². The first-order valence-electron chi connectivity index (χ1n) is 10.4. The number of carbonyl (C=O) groups excluding carboxylic acids is 2. The minimum absolute atomic E-state index is 0.0234. The molecule has 0 radical (unpaired) electrons. The second kappa shape index (κ2) is 12.6. The van der Waals surface area contributed by atoms with Crippen molar-refractivity contribution in [2.75, 3.05) is 26.4 Å². The summed E-state index contributed by atoms with van der Waals surface area (Å²) in [6, 6.07) is 17.2. The summed E-state index contributed by atoms with van der Waals surface area (Å²) in [6.07, 6.45) is -0.202. The lowest BCUT2D eigenvalue weighted by atomic mass is 10.1. The van der Waals surface area contributed by atoms with Crippen molar-refractivity contribution < 1.29 is 23.8 Å². The molecule has 0 saturated heterocycles.